The summed E-state index contributed by atoms with van der Waals surface area (Å²) in [6.07, 6.45) is 0.708. The molecule has 1 aromatic carbocycles. The lowest BCUT2D eigenvalue weighted by Crippen LogP contribution is -2.02. The van der Waals surface area contributed by atoms with Gasteiger partial charge in [-0.2, -0.15) is 0 Å². The predicted molar refractivity (Wildman–Crippen MR) is 49.2 cm³/mol. The molecule has 0 aliphatic carbocycles. The van der Waals surface area contributed by atoms with Crippen LogP contribution in [0, 0.1) is 0 Å². The van der Waals surface area contributed by atoms with Crippen LogP contribution in [0.2, 0.25) is 0 Å². The smallest absolute Gasteiger partial charge is 0.339 e. The molecule has 1 aliphatic rings. The van der Waals surface area contributed by atoms with Crippen molar-refractivity contribution in [1.29, 1.82) is 0 Å². The number of carbonyl (C=O) groups is 1. The summed E-state index contributed by atoms with van der Waals surface area (Å²) in [5.41, 5.74) is 1.05. The maximum absolute atomic E-state index is 10.9. The van der Waals surface area contributed by atoms with Gasteiger partial charge in [-0.3, -0.25) is 0 Å². The van der Waals surface area contributed by atoms with Crippen LogP contribution in [-0.2, 0) is 6.42 Å². The molecule has 0 saturated carbocycles. The van der Waals surface area contributed by atoms with Crippen molar-refractivity contribution in [3.63, 3.8) is 0 Å². The molecule has 4 heteroatoms. The summed E-state index contributed by atoms with van der Waals surface area (Å²) < 4.78 is 10.4. The molecule has 0 spiro atoms. The van der Waals surface area contributed by atoms with Crippen molar-refractivity contribution in [1.82, 2.24) is 0 Å². The quantitative estimate of drug-likeness (QED) is 0.771. The number of carboxylic acid groups (broad SMARTS) is 1. The van der Waals surface area contributed by atoms with E-state index in [2.05, 4.69) is 0 Å². The van der Waals surface area contributed by atoms with Crippen LogP contribution < -0.4 is 9.47 Å². The fraction of sp³-hybridized carbons (Fsp3) is 0.300. The molecule has 0 radical (unpaired) electrons. The van der Waals surface area contributed by atoms with Gasteiger partial charge in [0.25, 0.3) is 0 Å². The first-order valence-corrected chi connectivity index (χ1v) is 4.30. The highest BCUT2D eigenvalue weighted by molar-refractivity contribution is 5.92. The van der Waals surface area contributed by atoms with Crippen LogP contribution in [0.5, 0.6) is 11.5 Å². The first-order chi connectivity index (χ1) is 6.74. The highest BCUT2D eigenvalue weighted by atomic mass is 16.5. The first kappa shape index (κ1) is 8.87. The van der Waals surface area contributed by atoms with Gasteiger partial charge in [-0.1, -0.05) is 0 Å². The topological polar surface area (TPSA) is 55.8 Å². The number of ether oxygens (including phenoxy) is 2. The van der Waals surface area contributed by atoms with E-state index in [9.17, 15) is 4.79 Å². The lowest BCUT2D eigenvalue weighted by atomic mass is 10.1. The molecule has 0 unspecified atom stereocenters. The van der Waals surface area contributed by atoms with E-state index in [0.29, 0.717) is 18.8 Å². The Morgan fingerprint density at radius 1 is 1.57 bits per heavy atom. The molecule has 0 aromatic heterocycles. The van der Waals surface area contributed by atoms with E-state index in [1.54, 1.807) is 6.07 Å². The fourth-order valence-corrected chi connectivity index (χ4v) is 1.65. The number of benzene rings is 1. The minimum Gasteiger partial charge on any atom is -0.495 e. The largest absolute Gasteiger partial charge is 0.495 e. The van der Waals surface area contributed by atoms with Crippen molar-refractivity contribution >= 4 is 5.97 Å². The lowest BCUT2D eigenvalue weighted by Gasteiger charge is -2.08. The number of methoxy groups -OCH3 is 1. The third-order valence-corrected chi connectivity index (χ3v) is 2.26. The number of carboxylic acids is 1. The average molecular weight is 194 g/mol. The van der Waals surface area contributed by atoms with Crippen LogP contribution in [0.1, 0.15) is 15.9 Å². The minimum atomic E-state index is -0.975. The van der Waals surface area contributed by atoms with Crippen molar-refractivity contribution in [3.05, 3.63) is 23.3 Å². The molecule has 1 aliphatic heterocycles. The number of fused-ring (bicyclic) bond motifs is 1. The lowest BCUT2D eigenvalue weighted by molar-refractivity contribution is 0.0693. The van der Waals surface area contributed by atoms with Gasteiger partial charge in [0.15, 0.2) is 0 Å². The summed E-state index contributed by atoms with van der Waals surface area (Å²) in [6, 6.07) is 3.18. The summed E-state index contributed by atoms with van der Waals surface area (Å²) in [7, 11) is 1.47. The molecule has 2 rings (SSSR count). The van der Waals surface area contributed by atoms with Crippen LogP contribution in [0.3, 0.4) is 0 Å². The summed E-state index contributed by atoms with van der Waals surface area (Å²) in [5.74, 6) is 0.177. The predicted octanol–water partition coefficient (Wildman–Crippen LogP) is 1.33. The molecule has 4 nitrogen and oxygen atoms in total. The fourth-order valence-electron chi connectivity index (χ4n) is 1.65. The van der Waals surface area contributed by atoms with E-state index in [1.165, 1.54) is 13.2 Å². The van der Waals surface area contributed by atoms with E-state index in [0.717, 1.165) is 11.3 Å². The van der Waals surface area contributed by atoms with Crippen molar-refractivity contribution in [2.75, 3.05) is 13.7 Å². The number of hydrogen-bond acceptors (Lipinski definition) is 3. The SMILES string of the molecule is COc1c(C(=O)O)ccc2c1CCO2. The van der Waals surface area contributed by atoms with Gasteiger partial charge in [-0.25, -0.2) is 4.79 Å². The van der Waals surface area contributed by atoms with E-state index in [1.807, 2.05) is 0 Å². The van der Waals surface area contributed by atoms with Crippen LogP contribution in [0.15, 0.2) is 12.1 Å². The standard InChI is InChI=1S/C10H10O4/c1-13-9-6-4-5-14-8(6)3-2-7(9)10(11)12/h2-3H,4-5H2,1H3,(H,11,12). The van der Waals surface area contributed by atoms with Gasteiger partial charge >= 0.3 is 5.97 Å². The summed E-state index contributed by atoms with van der Waals surface area (Å²) in [5, 5.41) is 8.91. The Morgan fingerprint density at radius 2 is 2.36 bits per heavy atom. The molecule has 14 heavy (non-hydrogen) atoms. The van der Waals surface area contributed by atoms with E-state index in [-0.39, 0.29) is 5.56 Å². The molecule has 1 heterocycles. The molecule has 0 bridgehead atoms. The van der Waals surface area contributed by atoms with Gasteiger partial charge in [0.05, 0.1) is 13.7 Å². The zero-order valence-corrected chi connectivity index (χ0v) is 7.74. The summed E-state index contributed by atoms with van der Waals surface area (Å²) in [4.78, 5) is 10.9. The molecular weight excluding hydrogens is 184 g/mol. The van der Waals surface area contributed by atoms with Gasteiger partial charge in [-0.05, 0) is 12.1 Å². The third kappa shape index (κ3) is 1.19. The zero-order chi connectivity index (χ0) is 10.1. The Hall–Kier alpha value is -1.71. The van der Waals surface area contributed by atoms with Crippen molar-refractivity contribution in [2.45, 2.75) is 6.42 Å². The second-order valence-electron chi connectivity index (χ2n) is 3.03. The molecule has 1 N–H and O–H groups in total. The molecule has 0 saturated heterocycles. The highest BCUT2D eigenvalue weighted by Crippen LogP contribution is 2.36. The van der Waals surface area contributed by atoms with Gasteiger partial charge in [0.1, 0.15) is 17.1 Å². The Bertz CT molecular complexity index is 384. The third-order valence-electron chi connectivity index (χ3n) is 2.26. The molecule has 74 valence electrons. The van der Waals surface area contributed by atoms with Crippen molar-refractivity contribution in [3.8, 4) is 11.5 Å². The molecule has 0 atom stereocenters. The second kappa shape index (κ2) is 3.21. The van der Waals surface area contributed by atoms with Gasteiger partial charge < -0.3 is 14.6 Å². The number of rotatable bonds is 2. The molecule has 0 amide bonds. The summed E-state index contributed by atoms with van der Waals surface area (Å²) >= 11 is 0. The number of aromatic carboxylic acids is 1. The highest BCUT2D eigenvalue weighted by Gasteiger charge is 2.22. The molecule has 0 fully saturated rings. The maximum Gasteiger partial charge on any atom is 0.339 e. The number of hydrogen-bond donors (Lipinski definition) is 1. The Kier molecular flexibility index (Phi) is 2.04. The summed E-state index contributed by atoms with van der Waals surface area (Å²) in [6.45, 7) is 0.592. The van der Waals surface area contributed by atoms with Crippen LogP contribution in [0.4, 0.5) is 0 Å². The average Bonchev–Trinajstić information content (AvgIpc) is 2.63. The first-order valence-electron chi connectivity index (χ1n) is 4.30. The van der Waals surface area contributed by atoms with Crippen LogP contribution in [-0.4, -0.2) is 24.8 Å². The van der Waals surface area contributed by atoms with Gasteiger partial charge in [-0.15, -0.1) is 0 Å². The maximum atomic E-state index is 10.9. The van der Waals surface area contributed by atoms with E-state index >= 15 is 0 Å². The van der Waals surface area contributed by atoms with Crippen molar-refractivity contribution in [2.24, 2.45) is 0 Å². The Morgan fingerprint density at radius 3 is 3.00 bits per heavy atom. The second-order valence-corrected chi connectivity index (χ2v) is 3.03. The molecule has 1 aromatic rings. The zero-order valence-electron chi connectivity index (χ0n) is 7.74. The van der Waals surface area contributed by atoms with Gasteiger partial charge in [0, 0.05) is 12.0 Å². The van der Waals surface area contributed by atoms with Crippen LogP contribution in [0.25, 0.3) is 0 Å². The van der Waals surface area contributed by atoms with E-state index < -0.39 is 5.97 Å². The van der Waals surface area contributed by atoms with E-state index in [4.69, 9.17) is 14.6 Å². The van der Waals surface area contributed by atoms with Crippen molar-refractivity contribution < 1.29 is 19.4 Å². The normalized spacial score (nSPS) is 13.2. The van der Waals surface area contributed by atoms with Crippen LogP contribution >= 0.6 is 0 Å². The Balaban J connectivity index is 2.59. The van der Waals surface area contributed by atoms with Gasteiger partial charge in [0.2, 0.25) is 0 Å². The Labute approximate surface area is 81.1 Å². The molecular formula is C10H10O4. The minimum absolute atomic E-state index is 0.191. The monoisotopic (exact) mass is 194 g/mol.